The first-order chi connectivity index (χ1) is 7.85. The number of hydrogen-bond donors (Lipinski definition) is 0. The van der Waals surface area contributed by atoms with Crippen LogP contribution in [0.5, 0.6) is 0 Å². The maximum atomic E-state index is 12.0. The lowest BCUT2D eigenvalue weighted by atomic mass is 10.00. The largest absolute Gasteiger partial charge is 0.444 e. The average Bonchev–Trinajstić information content (AvgIpc) is 2.25. The number of carbonyl (C=O) groups excluding carboxylic acids is 2. The summed E-state index contributed by atoms with van der Waals surface area (Å²) in [5.41, 5.74) is -0.517. The van der Waals surface area contributed by atoms with Crippen molar-refractivity contribution in [1.82, 2.24) is 4.90 Å². The molecule has 0 saturated carbocycles. The Morgan fingerprint density at radius 2 is 2.00 bits per heavy atom. The molecule has 0 aromatic heterocycles. The topological polar surface area (TPSA) is 46.6 Å². The second-order valence-corrected chi connectivity index (χ2v) is 5.85. The van der Waals surface area contributed by atoms with Crippen LogP contribution in [0.15, 0.2) is 0 Å². The Labute approximate surface area is 111 Å². The summed E-state index contributed by atoms with van der Waals surface area (Å²) in [5.74, 6) is 0.0514. The highest BCUT2D eigenvalue weighted by atomic mass is 79.9. The molecule has 1 aliphatic rings. The number of carbonyl (C=O) groups is 2. The molecule has 1 atom stereocenters. The summed E-state index contributed by atoms with van der Waals surface area (Å²) in [5, 5.41) is 0.289. The van der Waals surface area contributed by atoms with Crippen LogP contribution in [0.2, 0.25) is 0 Å². The minimum Gasteiger partial charge on any atom is -0.444 e. The van der Waals surface area contributed by atoms with Crippen LogP contribution in [0.25, 0.3) is 0 Å². The molecule has 4 nitrogen and oxygen atoms in total. The van der Waals surface area contributed by atoms with Crippen LogP contribution in [0.1, 0.15) is 40.0 Å². The van der Waals surface area contributed by atoms with Crippen molar-refractivity contribution in [1.29, 1.82) is 0 Å². The number of nitrogens with zero attached hydrogens (tertiary/aromatic N) is 1. The number of ketones is 1. The smallest absolute Gasteiger partial charge is 0.410 e. The zero-order valence-corrected chi connectivity index (χ0v) is 12.2. The molecule has 17 heavy (non-hydrogen) atoms. The molecular formula is C12H20BrNO3. The summed E-state index contributed by atoms with van der Waals surface area (Å²) in [7, 11) is 0. The van der Waals surface area contributed by atoms with E-state index in [2.05, 4.69) is 15.9 Å². The molecule has 1 heterocycles. The lowest BCUT2D eigenvalue weighted by Crippen LogP contribution is -2.50. The van der Waals surface area contributed by atoms with Gasteiger partial charge in [-0.15, -0.1) is 0 Å². The van der Waals surface area contributed by atoms with E-state index in [-0.39, 0.29) is 23.2 Å². The van der Waals surface area contributed by atoms with Gasteiger partial charge >= 0.3 is 6.09 Å². The fraction of sp³-hybridized carbons (Fsp3) is 0.833. The van der Waals surface area contributed by atoms with E-state index < -0.39 is 5.60 Å². The van der Waals surface area contributed by atoms with Gasteiger partial charge in [-0.1, -0.05) is 15.9 Å². The van der Waals surface area contributed by atoms with E-state index in [0.29, 0.717) is 6.54 Å². The standard InChI is InChI=1S/C12H20BrNO3/c1-12(2,3)17-11(16)14-7-5-4-6-9(14)10(15)8-13/h9H,4-8H2,1-3H3/t9-/m0/s1. The van der Waals surface area contributed by atoms with Gasteiger partial charge in [0, 0.05) is 6.54 Å². The SMILES string of the molecule is CC(C)(C)OC(=O)N1CCCC[C@H]1C(=O)CBr. The fourth-order valence-corrected chi connectivity index (χ4v) is 2.27. The molecule has 0 unspecified atom stereocenters. The number of halogens is 1. The Morgan fingerprint density at radius 1 is 1.35 bits per heavy atom. The minimum absolute atomic E-state index is 0.0514. The maximum Gasteiger partial charge on any atom is 0.410 e. The predicted molar refractivity (Wildman–Crippen MR) is 69.4 cm³/mol. The number of ether oxygens (including phenoxy) is 1. The molecule has 0 N–H and O–H groups in total. The van der Waals surface area contributed by atoms with Gasteiger partial charge < -0.3 is 4.74 Å². The summed E-state index contributed by atoms with van der Waals surface area (Å²) in [4.78, 5) is 25.3. The Bertz CT molecular complexity index is 299. The first-order valence-electron chi connectivity index (χ1n) is 5.93. The molecule has 1 fully saturated rings. The molecular weight excluding hydrogens is 286 g/mol. The quantitative estimate of drug-likeness (QED) is 0.737. The van der Waals surface area contributed by atoms with E-state index in [1.807, 2.05) is 20.8 Å². The molecule has 0 aromatic carbocycles. The lowest BCUT2D eigenvalue weighted by Gasteiger charge is -2.35. The van der Waals surface area contributed by atoms with Crippen molar-refractivity contribution in [2.75, 3.05) is 11.9 Å². The number of likely N-dealkylation sites (tertiary alicyclic amines) is 1. The molecule has 5 heteroatoms. The van der Waals surface area contributed by atoms with E-state index in [0.717, 1.165) is 19.3 Å². The Morgan fingerprint density at radius 3 is 2.53 bits per heavy atom. The Kier molecular flexibility index (Phi) is 4.98. The number of Topliss-reactive ketones (excluding diaryl/α,β-unsaturated/α-hetero) is 1. The zero-order valence-electron chi connectivity index (χ0n) is 10.7. The van der Waals surface area contributed by atoms with Gasteiger partial charge in [0.1, 0.15) is 5.60 Å². The summed E-state index contributed by atoms with van der Waals surface area (Å²) in [6.45, 7) is 6.10. The number of alkyl halides is 1. The van der Waals surface area contributed by atoms with Crippen LogP contribution >= 0.6 is 15.9 Å². The Balaban J connectivity index is 2.71. The van der Waals surface area contributed by atoms with E-state index in [1.165, 1.54) is 0 Å². The van der Waals surface area contributed by atoms with E-state index in [4.69, 9.17) is 4.74 Å². The fourth-order valence-electron chi connectivity index (χ4n) is 1.89. The molecule has 1 saturated heterocycles. The number of piperidine rings is 1. The van der Waals surface area contributed by atoms with Crippen molar-refractivity contribution < 1.29 is 14.3 Å². The van der Waals surface area contributed by atoms with Crippen LogP contribution < -0.4 is 0 Å². The third-order valence-electron chi connectivity index (χ3n) is 2.63. The van der Waals surface area contributed by atoms with Gasteiger partial charge in [-0.05, 0) is 40.0 Å². The molecule has 0 radical (unpaired) electrons. The Hall–Kier alpha value is -0.580. The number of rotatable bonds is 2. The van der Waals surface area contributed by atoms with Crippen LogP contribution in [0.3, 0.4) is 0 Å². The molecule has 1 rings (SSSR count). The monoisotopic (exact) mass is 305 g/mol. The van der Waals surface area contributed by atoms with Gasteiger partial charge in [0.15, 0.2) is 5.78 Å². The molecule has 1 aliphatic heterocycles. The van der Waals surface area contributed by atoms with Crippen molar-refractivity contribution in [3.63, 3.8) is 0 Å². The second-order valence-electron chi connectivity index (χ2n) is 5.29. The molecule has 98 valence electrons. The van der Waals surface area contributed by atoms with Gasteiger partial charge in [0.2, 0.25) is 0 Å². The molecule has 0 bridgehead atoms. The summed E-state index contributed by atoms with van der Waals surface area (Å²) >= 11 is 3.16. The highest BCUT2D eigenvalue weighted by Crippen LogP contribution is 2.21. The van der Waals surface area contributed by atoms with Crippen molar-refractivity contribution in [2.24, 2.45) is 0 Å². The maximum absolute atomic E-state index is 12.0. The zero-order chi connectivity index (χ0) is 13.1. The molecule has 1 amide bonds. The third-order valence-corrected chi connectivity index (χ3v) is 3.19. The van der Waals surface area contributed by atoms with Crippen molar-refractivity contribution in [3.05, 3.63) is 0 Å². The second kappa shape index (κ2) is 5.85. The average molecular weight is 306 g/mol. The van der Waals surface area contributed by atoms with Crippen LogP contribution in [-0.2, 0) is 9.53 Å². The van der Waals surface area contributed by atoms with E-state index >= 15 is 0 Å². The van der Waals surface area contributed by atoms with Gasteiger partial charge in [-0.2, -0.15) is 0 Å². The van der Waals surface area contributed by atoms with Gasteiger partial charge in [0.05, 0.1) is 11.4 Å². The van der Waals surface area contributed by atoms with Crippen molar-refractivity contribution in [2.45, 2.75) is 51.7 Å². The highest BCUT2D eigenvalue weighted by Gasteiger charge is 2.33. The minimum atomic E-state index is -0.517. The summed E-state index contributed by atoms with van der Waals surface area (Å²) in [6.07, 6.45) is 2.29. The third kappa shape index (κ3) is 4.30. The summed E-state index contributed by atoms with van der Waals surface area (Å²) < 4.78 is 5.32. The van der Waals surface area contributed by atoms with Gasteiger partial charge in [-0.25, -0.2) is 4.79 Å². The molecule has 0 spiro atoms. The highest BCUT2D eigenvalue weighted by molar-refractivity contribution is 9.09. The summed E-state index contributed by atoms with van der Waals surface area (Å²) in [6, 6.07) is -0.321. The lowest BCUT2D eigenvalue weighted by molar-refractivity contribution is -0.122. The molecule has 0 aromatic rings. The van der Waals surface area contributed by atoms with Crippen LogP contribution in [0.4, 0.5) is 4.79 Å². The predicted octanol–water partition coefficient (Wildman–Crippen LogP) is 2.74. The van der Waals surface area contributed by atoms with Crippen molar-refractivity contribution >= 4 is 27.8 Å². The normalized spacial score (nSPS) is 21.2. The van der Waals surface area contributed by atoms with E-state index in [1.54, 1.807) is 4.90 Å². The number of hydrogen-bond acceptors (Lipinski definition) is 3. The number of amides is 1. The van der Waals surface area contributed by atoms with E-state index in [9.17, 15) is 9.59 Å². The molecule has 0 aliphatic carbocycles. The van der Waals surface area contributed by atoms with Gasteiger partial charge in [0.25, 0.3) is 0 Å². The van der Waals surface area contributed by atoms with Crippen LogP contribution in [0, 0.1) is 0 Å². The first-order valence-corrected chi connectivity index (χ1v) is 7.05. The first kappa shape index (κ1) is 14.5. The van der Waals surface area contributed by atoms with Crippen LogP contribution in [-0.4, -0.2) is 40.3 Å². The van der Waals surface area contributed by atoms with Crippen molar-refractivity contribution in [3.8, 4) is 0 Å². The van der Waals surface area contributed by atoms with Gasteiger partial charge in [-0.3, -0.25) is 9.69 Å².